The minimum absolute atomic E-state index is 0.0837. The van der Waals surface area contributed by atoms with Crippen LogP contribution in [0.3, 0.4) is 0 Å². The number of hydrogen-bond acceptors (Lipinski definition) is 4. The molecule has 0 saturated carbocycles. The van der Waals surface area contributed by atoms with Crippen molar-refractivity contribution in [1.29, 1.82) is 0 Å². The third-order valence-corrected chi connectivity index (χ3v) is 6.19. The molecule has 1 atom stereocenters. The number of nitrogens with zero attached hydrogens (tertiary/aromatic N) is 2. The Kier molecular flexibility index (Phi) is 7.23. The molecule has 0 fully saturated rings. The van der Waals surface area contributed by atoms with Gasteiger partial charge in [-0.05, 0) is 36.6 Å². The monoisotopic (exact) mass is 462 g/mol. The fraction of sp³-hybridized carbons (Fsp3) is 0.292. The van der Waals surface area contributed by atoms with E-state index >= 15 is 0 Å². The first kappa shape index (κ1) is 23.8. The number of halogens is 3. The fourth-order valence-electron chi connectivity index (χ4n) is 3.39. The topological polar surface area (TPSA) is 49.7 Å². The number of hydrogen-bond donors (Lipinski definition) is 0. The van der Waals surface area contributed by atoms with Crippen molar-refractivity contribution in [3.8, 4) is 0 Å². The number of sulfone groups is 1. The molecule has 0 amide bonds. The standard InChI is InChI=1S/C24H25F3N2O2S/c1-3-4-10-20-17-22(24(25,26)27)29(16-15-18-8-6-5-7-9-18)28-23(20)19-11-13-21(14-12-19)32(2,30)31/h4-14,17,22H,3,15-16H2,1-2H3/b10-4+. The molecule has 3 rings (SSSR count). The van der Waals surface area contributed by atoms with Crippen LogP contribution in [-0.4, -0.2) is 44.2 Å². The Morgan fingerprint density at radius 1 is 1.06 bits per heavy atom. The van der Waals surface area contributed by atoms with Crippen LogP contribution in [0, 0.1) is 0 Å². The first-order valence-electron chi connectivity index (χ1n) is 10.2. The summed E-state index contributed by atoms with van der Waals surface area (Å²) in [7, 11) is -3.38. The number of hydrazone groups is 1. The van der Waals surface area contributed by atoms with Crippen LogP contribution < -0.4 is 0 Å². The first-order valence-corrected chi connectivity index (χ1v) is 12.1. The second-order valence-electron chi connectivity index (χ2n) is 7.56. The lowest BCUT2D eigenvalue weighted by atomic mass is 9.97. The zero-order valence-electron chi connectivity index (χ0n) is 17.9. The van der Waals surface area contributed by atoms with Crippen LogP contribution in [0.2, 0.25) is 0 Å². The zero-order valence-corrected chi connectivity index (χ0v) is 18.7. The van der Waals surface area contributed by atoms with Crippen LogP contribution in [0.5, 0.6) is 0 Å². The van der Waals surface area contributed by atoms with Gasteiger partial charge in [-0.2, -0.15) is 18.3 Å². The molecule has 2 aromatic carbocycles. The minimum Gasteiger partial charge on any atom is -0.280 e. The maximum Gasteiger partial charge on any atom is 0.414 e. The molecule has 1 aliphatic rings. The van der Waals surface area contributed by atoms with Crippen LogP contribution in [0.15, 0.2) is 88.4 Å². The highest BCUT2D eigenvalue weighted by atomic mass is 32.2. The molecule has 0 N–H and O–H groups in total. The van der Waals surface area contributed by atoms with Crippen molar-refractivity contribution in [2.45, 2.75) is 36.9 Å². The van der Waals surface area contributed by atoms with Crippen molar-refractivity contribution in [3.63, 3.8) is 0 Å². The molecule has 1 unspecified atom stereocenters. The van der Waals surface area contributed by atoms with Crippen LogP contribution in [-0.2, 0) is 16.3 Å². The van der Waals surface area contributed by atoms with Crippen LogP contribution >= 0.6 is 0 Å². The fourth-order valence-corrected chi connectivity index (χ4v) is 4.02. The Morgan fingerprint density at radius 2 is 1.72 bits per heavy atom. The number of benzene rings is 2. The summed E-state index contributed by atoms with van der Waals surface area (Å²) in [5.74, 6) is 0. The lowest BCUT2D eigenvalue weighted by Gasteiger charge is -2.33. The number of rotatable bonds is 7. The van der Waals surface area contributed by atoms with Crippen molar-refractivity contribution in [2.24, 2.45) is 5.10 Å². The lowest BCUT2D eigenvalue weighted by molar-refractivity contribution is -0.170. The van der Waals surface area contributed by atoms with Gasteiger partial charge in [0.25, 0.3) is 0 Å². The summed E-state index contributed by atoms with van der Waals surface area (Å²) < 4.78 is 65.2. The first-order chi connectivity index (χ1) is 15.1. The van der Waals surface area contributed by atoms with Crippen molar-refractivity contribution in [1.82, 2.24) is 5.01 Å². The van der Waals surface area contributed by atoms with Gasteiger partial charge < -0.3 is 0 Å². The summed E-state index contributed by atoms with van der Waals surface area (Å²) in [6, 6.07) is 13.5. The molecule has 0 spiro atoms. The largest absolute Gasteiger partial charge is 0.414 e. The van der Waals surface area contributed by atoms with Gasteiger partial charge in [-0.3, -0.25) is 5.01 Å². The predicted molar refractivity (Wildman–Crippen MR) is 120 cm³/mol. The van der Waals surface area contributed by atoms with Crippen molar-refractivity contribution in [3.05, 3.63) is 89.5 Å². The molecule has 170 valence electrons. The minimum atomic E-state index is -4.49. The van der Waals surface area contributed by atoms with E-state index in [-0.39, 0.29) is 11.4 Å². The van der Waals surface area contributed by atoms with E-state index in [0.717, 1.165) is 16.8 Å². The second kappa shape index (κ2) is 9.73. The molecule has 0 bridgehead atoms. The summed E-state index contributed by atoms with van der Waals surface area (Å²) in [6.45, 7) is 1.98. The third kappa shape index (κ3) is 5.88. The number of allylic oxidation sites excluding steroid dienone is 3. The van der Waals surface area contributed by atoms with Gasteiger partial charge in [-0.15, -0.1) is 0 Å². The van der Waals surface area contributed by atoms with Gasteiger partial charge >= 0.3 is 6.18 Å². The van der Waals surface area contributed by atoms with Crippen LogP contribution in [0.4, 0.5) is 13.2 Å². The molecular formula is C24H25F3N2O2S. The summed E-state index contributed by atoms with van der Waals surface area (Å²) in [5.41, 5.74) is 2.21. The van der Waals surface area contributed by atoms with Crippen molar-refractivity contribution >= 4 is 15.5 Å². The van der Waals surface area contributed by atoms with E-state index in [1.165, 1.54) is 18.2 Å². The Labute approximate surface area is 186 Å². The average Bonchev–Trinajstić information content (AvgIpc) is 2.75. The second-order valence-corrected chi connectivity index (χ2v) is 9.58. The van der Waals surface area contributed by atoms with Gasteiger partial charge in [-0.1, -0.05) is 61.5 Å². The highest BCUT2D eigenvalue weighted by Crippen LogP contribution is 2.32. The number of alkyl halides is 3. The molecule has 0 aliphatic carbocycles. The van der Waals surface area contributed by atoms with Crippen molar-refractivity contribution < 1.29 is 21.6 Å². The summed E-state index contributed by atoms with van der Waals surface area (Å²) >= 11 is 0. The SMILES string of the molecule is CC/C=C/C1=CC(C(F)(F)F)N(CCc2ccccc2)N=C1c1ccc(S(C)(=O)=O)cc1. The van der Waals surface area contributed by atoms with E-state index in [4.69, 9.17) is 0 Å². The Balaban J connectivity index is 2.01. The van der Waals surface area contributed by atoms with E-state index < -0.39 is 22.1 Å². The molecule has 1 heterocycles. The molecule has 32 heavy (non-hydrogen) atoms. The zero-order chi connectivity index (χ0) is 23.4. The van der Waals surface area contributed by atoms with Gasteiger partial charge in [0, 0.05) is 23.9 Å². The average molecular weight is 463 g/mol. The summed E-state index contributed by atoms with van der Waals surface area (Å²) in [6.07, 6.45) is 2.28. The van der Waals surface area contributed by atoms with Gasteiger partial charge in [0.15, 0.2) is 15.9 Å². The van der Waals surface area contributed by atoms with E-state index in [9.17, 15) is 21.6 Å². The van der Waals surface area contributed by atoms with E-state index in [2.05, 4.69) is 5.10 Å². The molecule has 2 aromatic rings. The van der Waals surface area contributed by atoms with Crippen LogP contribution in [0.1, 0.15) is 24.5 Å². The Bertz CT molecular complexity index is 1120. The van der Waals surface area contributed by atoms with Gasteiger partial charge in [0.1, 0.15) is 0 Å². The molecule has 4 nitrogen and oxygen atoms in total. The Morgan fingerprint density at radius 3 is 2.28 bits per heavy atom. The molecular weight excluding hydrogens is 437 g/mol. The highest BCUT2D eigenvalue weighted by molar-refractivity contribution is 7.90. The van der Waals surface area contributed by atoms with E-state index in [1.807, 2.05) is 37.3 Å². The molecule has 0 saturated heterocycles. The maximum absolute atomic E-state index is 13.9. The van der Waals surface area contributed by atoms with Crippen molar-refractivity contribution in [2.75, 3.05) is 12.8 Å². The van der Waals surface area contributed by atoms with E-state index in [1.54, 1.807) is 24.3 Å². The molecule has 8 heteroatoms. The maximum atomic E-state index is 13.9. The van der Waals surface area contributed by atoms with E-state index in [0.29, 0.717) is 29.7 Å². The smallest absolute Gasteiger partial charge is 0.280 e. The van der Waals surface area contributed by atoms with Gasteiger partial charge in [0.05, 0.1) is 10.6 Å². The van der Waals surface area contributed by atoms with Gasteiger partial charge in [-0.25, -0.2) is 8.42 Å². The quantitative estimate of drug-likeness (QED) is 0.570. The summed E-state index contributed by atoms with van der Waals surface area (Å²) in [4.78, 5) is 0.140. The highest BCUT2D eigenvalue weighted by Gasteiger charge is 2.44. The molecule has 1 aliphatic heterocycles. The summed E-state index contributed by atoms with van der Waals surface area (Å²) in [5, 5.41) is 5.47. The van der Waals surface area contributed by atoms with Crippen LogP contribution in [0.25, 0.3) is 0 Å². The molecule has 0 radical (unpaired) electrons. The molecule has 0 aromatic heterocycles. The third-order valence-electron chi connectivity index (χ3n) is 5.06. The van der Waals surface area contributed by atoms with Gasteiger partial charge in [0.2, 0.25) is 0 Å². The normalized spacial score (nSPS) is 17.4. The lowest BCUT2D eigenvalue weighted by Crippen LogP contribution is -2.45. The predicted octanol–water partition coefficient (Wildman–Crippen LogP) is 5.18. The Hall–Kier alpha value is -2.87.